The molecule has 0 bridgehead atoms. The van der Waals surface area contributed by atoms with E-state index in [0.29, 0.717) is 5.69 Å². The van der Waals surface area contributed by atoms with Crippen molar-refractivity contribution in [2.45, 2.75) is 6.92 Å². The first-order valence-corrected chi connectivity index (χ1v) is 9.33. The van der Waals surface area contributed by atoms with E-state index in [-0.39, 0.29) is 5.82 Å². The molecule has 3 aromatic heterocycles. The van der Waals surface area contributed by atoms with Crippen LogP contribution in [0.5, 0.6) is 0 Å². The second-order valence-electron chi connectivity index (χ2n) is 6.11. The lowest BCUT2D eigenvalue weighted by Gasteiger charge is -2.09. The van der Waals surface area contributed by atoms with Gasteiger partial charge >= 0.3 is 0 Å². The van der Waals surface area contributed by atoms with Gasteiger partial charge in [0.2, 0.25) is 0 Å². The lowest BCUT2D eigenvalue weighted by molar-refractivity contribution is 0.101. The Balaban J connectivity index is 1.59. The maximum Gasteiger partial charge on any atom is 0.262 e. The van der Waals surface area contributed by atoms with Gasteiger partial charge in [0.1, 0.15) is 5.56 Å². The lowest BCUT2D eigenvalue weighted by Crippen LogP contribution is -2.17. The number of rotatable bonds is 4. The van der Waals surface area contributed by atoms with Crippen LogP contribution in [0.1, 0.15) is 15.9 Å². The Labute approximate surface area is 168 Å². The molecule has 29 heavy (non-hydrogen) atoms. The summed E-state index contributed by atoms with van der Waals surface area (Å²) in [6, 6.07) is 5.98. The van der Waals surface area contributed by atoms with Crippen LogP contribution in [0.3, 0.4) is 0 Å². The maximum atomic E-state index is 13.7. The number of carbonyl (C=O) groups excluding carboxylic acids is 1. The molecule has 1 aromatic carbocycles. The number of aromatic nitrogens is 4. The number of carbonyl (C=O) groups is 1. The van der Waals surface area contributed by atoms with E-state index in [1.54, 1.807) is 11.7 Å². The standard InChI is InChI=1S/C20H13F2N5OS/c1-11-2-3-12(17-8-24-10-29-17)4-13(11)16-7-26-18(9-25-16)27-20(28)19-14(21)5-23-6-15(19)22/h2-10H,1H3,(H,26,27,28). The van der Waals surface area contributed by atoms with E-state index in [4.69, 9.17) is 0 Å². The van der Waals surface area contributed by atoms with Crippen molar-refractivity contribution < 1.29 is 13.6 Å². The van der Waals surface area contributed by atoms with E-state index in [1.807, 2.05) is 25.1 Å². The van der Waals surface area contributed by atoms with Gasteiger partial charge in [-0.3, -0.25) is 19.7 Å². The molecule has 0 spiro atoms. The minimum atomic E-state index is -1.05. The molecule has 0 saturated carbocycles. The maximum absolute atomic E-state index is 13.7. The number of nitrogens with zero attached hydrogens (tertiary/aromatic N) is 4. The number of aryl methyl sites for hydroxylation is 1. The Morgan fingerprint density at radius 3 is 2.45 bits per heavy atom. The molecular formula is C20H13F2N5OS. The van der Waals surface area contributed by atoms with Crippen LogP contribution in [0, 0.1) is 18.6 Å². The second kappa shape index (κ2) is 7.80. The molecule has 1 amide bonds. The summed E-state index contributed by atoms with van der Waals surface area (Å²) >= 11 is 1.53. The highest BCUT2D eigenvalue weighted by Gasteiger charge is 2.18. The molecular weight excluding hydrogens is 396 g/mol. The summed E-state index contributed by atoms with van der Waals surface area (Å²) in [5.74, 6) is -3.00. The third-order valence-corrected chi connectivity index (χ3v) is 5.03. The first kappa shape index (κ1) is 18.8. The highest BCUT2D eigenvalue weighted by atomic mass is 32.1. The van der Waals surface area contributed by atoms with Crippen LogP contribution in [-0.4, -0.2) is 25.8 Å². The molecule has 0 aliphatic heterocycles. The molecule has 9 heteroatoms. The average Bonchev–Trinajstić information content (AvgIpc) is 3.24. The largest absolute Gasteiger partial charge is 0.305 e. The van der Waals surface area contributed by atoms with Gasteiger partial charge < -0.3 is 5.32 Å². The first-order valence-electron chi connectivity index (χ1n) is 8.45. The molecule has 144 valence electrons. The predicted octanol–water partition coefficient (Wildman–Crippen LogP) is 4.50. The predicted molar refractivity (Wildman–Crippen MR) is 105 cm³/mol. The molecule has 0 aliphatic rings. The van der Waals surface area contributed by atoms with E-state index in [9.17, 15) is 13.6 Å². The van der Waals surface area contributed by atoms with Crippen LogP contribution in [0.25, 0.3) is 21.7 Å². The fourth-order valence-electron chi connectivity index (χ4n) is 2.75. The number of hydrogen-bond acceptors (Lipinski definition) is 6. The Morgan fingerprint density at radius 2 is 1.79 bits per heavy atom. The average molecular weight is 409 g/mol. The van der Waals surface area contributed by atoms with Gasteiger partial charge in [0.15, 0.2) is 17.5 Å². The third kappa shape index (κ3) is 3.85. The molecule has 4 aromatic rings. The van der Waals surface area contributed by atoms with Crippen molar-refractivity contribution in [1.29, 1.82) is 0 Å². The summed E-state index contributed by atoms with van der Waals surface area (Å²) < 4.78 is 27.4. The second-order valence-corrected chi connectivity index (χ2v) is 7.00. The van der Waals surface area contributed by atoms with Crippen molar-refractivity contribution in [2.24, 2.45) is 0 Å². The number of anilines is 1. The SMILES string of the molecule is Cc1ccc(-c2cncs2)cc1-c1cnc(NC(=O)c2c(F)cncc2F)cn1. The number of halogens is 2. The Hall–Kier alpha value is -3.59. The topological polar surface area (TPSA) is 80.7 Å². The minimum Gasteiger partial charge on any atom is -0.305 e. The van der Waals surface area contributed by atoms with Crippen molar-refractivity contribution in [2.75, 3.05) is 5.32 Å². The highest BCUT2D eigenvalue weighted by molar-refractivity contribution is 7.13. The van der Waals surface area contributed by atoms with Crippen LogP contribution < -0.4 is 5.32 Å². The van der Waals surface area contributed by atoms with Gasteiger partial charge in [0.05, 0.1) is 40.9 Å². The fourth-order valence-corrected chi connectivity index (χ4v) is 3.37. The van der Waals surface area contributed by atoms with E-state index in [2.05, 4.69) is 25.3 Å². The lowest BCUT2D eigenvalue weighted by atomic mass is 10.0. The van der Waals surface area contributed by atoms with Crippen molar-refractivity contribution in [1.82, 2.24) is 19.9 Å². The van der Waals surface area contributed by atoms with Gasteiger partial charge in [0, 0.05) is 11.8 Å². The summed E-state index contributed by atoms with van der Waals surface area (Å²) in [6.07, 6.45) is 6.16. The van der Waals surface area contributed by atoms with Crippen LogP contribution in [0.2, 0.25) is 0 Å². The quantitative estimate of drug-likeness (QED) is 0.537. The van der Waals surface area contributed by atoms with Crippen molar-refractivity contribution in [3.8, 4) is 21.7 Å². The van der Waals surface area contributed by atoms with Gasteiger partial charge in [-0.25, -0.2) is 13.8 Å². The fraction of sp³-hybridized carbons (Fsp3) is 0.0500. The number of hydrogen-bond donors (Lipinski definition) is 1. The van der Waals surface area contributed by atoms with Crippen LogP contribution in [-0.2, 0) is 0 Å². The van der Waals surface area contributed by atoms with Gasteiger partial charge in [-0.05, 0) is 24.1 Å². The molecule has 0 aliphatic carbocycles. The summed E-state index contributed by atoms with van der Waals surface area (Å²) in [6.45, 7) is 1.96. The third-order valence-electron chi connectivity index (χ3n) is 4.20. The Morgan fingerprint density at radius 1 is 1.00 bits per heavy atom. The van der Waals surface area contributed by atoms with Crippen molar-refractivity contribution in [3.05, 3.63) is 77.5 Å². The van der Waals surface area contributed by atoms with Crippen LogP contribution >= 0.6 is 11.3 Å². The Kier molecular flexibility index (Phi) is 5.05. The number of amides is 1. The van der Waals surface area contributed by atoms with E-state index >= 15 is 0 Å². The van der Waals surface area contributed by atoms with E-state index in [1.165, 1.54) is 23.7 Å². The number of pyridine rings is 1. The molecule has 0 fully saturated rings. The summed E-state index contributed by atoms with van der Waals surface area (Å²) in [5.41, 5.74) is 4.54. The first-order chi connectivity index (χ1) is 14.0. The zero-order chi connectivity index (χ0) is 20.4. The molecule has 0 unspecified atom stereocenters. The number of benzene rings is 1. The molecule has 0 saturated heterocycles. The molecule has 0 atom stereocenters. The van der Waals surface area contributed by atoms with E-state index < -0.39 is 23.1 Å². The molecule has 6 nitrogen and oxygen atoms in total. The zero-order valence-corrected chi connectivity index (χ0v) is 15.9. The number of nitrogens with one attached hydrogen (secondary N) is 1. The van der Waals surface area contributed by atoms with Crippen LogP contribution in [0.4, 0.5) is 14.6 Å². The van der Waals surface area contributed by atoms with Crippen LogP contribution in [0.15, 0.2) is 54.7 Å². The Bertz CT molecular complexity index is 1160. The normalized spacial score (nSPS) is 10.7. The summed E-state index contributed by atoms with van der Waals surface area (Å²) in [7, 11) is 0. The number of thiazole rings is 1. The van der Waals surface area contributed by atoms with E-state index in [0.717, 1.165) is 34.0 Å². The zero-order valence-electron chi connectivity index (χ0n) is 15.1. The van der Waals surface area contributed by atoms with Crippen molar-refractivity contribution in [3.63, 3.8) is 0 Å². The van der Waals surface area contributed by atoms with Gasteiger partial charge in [-0.1, -0.05) is 12.1 Å². The van der Waals surface area contributed by atoms with Crippen molar-refractivity contribution >= 4 is 23.1 Å². The molecule has 4 rings (SSSR count). The van der Waals surface area contributed by atoms with Gasteiger partial charge in [0.25, 0.3) is 5.91 Å². The van der Waals surface area contributed by atoms with Gasteiger partial charge in [-0.2, -0.15) is 0 Å². The minimum absolute atomic E-state index is 0.0747. The molecule has 3 heterocycles. The molecule has 1 N–H and O–H groups in total. The molecule has 0 radical (unpaired) electrons. The van der Waals surface area contributed by atoms with Gasteiger partial charge in [-0.15, -0.1) is 11.3 Å². The smallest absolute Gasteiger partial charge is 0.262 e. The summed E-state index contributed by atoms with van der Waals surface area (Å²) in [5, 5.41) is 2.34. The highest BCUT2D eigenvalue weighted by Crippen LogP contribution is 2.30. The monoisotopic (exact) mass is 409 g/mol. The summed E-state index contributed by atoms with van der Waals surface area (Å²) in [4.78, 5) is 29.1.